The topological polar surface area (TPSA) is 55.6 Å². The lowest BCUT2D eigenvalue weighted by Crippen LogP contribution is -2.31. The molecule has 16 heavy (non-hydrogen) atoms. The molecule has 4 nitrogen and oxygen atoms in total. The van der Waals surface area contributed by atoms with Gasteiger partial charge < -0.3 is 15.4 Å². The van der Waals surface area contributed by atoms with Crippen molar-refractivity contribution in [2.75, 3.05) is 13.7 Å². The van der Waals surface area contributed by atoms with Gasteiger partial charge in [0.15, 0.2) is 0 Å². The van der Waals surface area contributed by atoms with Crippen molar-refractivity contribution in [2.45, 2.75) is 19.4 Å². The Balaban J connectivity index is 2.14. The zero-order valence-corrected chi connectivity index (χ0v) is 9.40. The summed E-state index contributed by atoms with van der Waals surface area (Å²) in [5.74, 6) is 0.969. The summed E-state index contributed by atoms with van der Waals surface area (Å²) < 4.78 is 5.53. The molecule has 0 aliphatic carbocycles. The monoisotopic (exact) mass is 220 g/mol. The fourth-order valence-electron chi connectivity index (χ4n) is 1.86. The standard InChI is InChI=1S/C12H16N2O2/c1-14(12(13)15)8-9-4-5-11-10(7-9)3-2-6-16-11/h4-5,7H,2-3,6,8H2,1H3,(H2,13,15). The number of amides is 2. The number of carbonyl (C=O) groups excluding carboxylic acids is 1. The van der Waals surface area contributed by atoms with Crippen molar-refractivity contribution in [1.29, 1.82) is 0 Å². The van der Waals surface area contributed by atoms with Gasteiger partial charge in [-0.15, -0.1) is 0 Å². The van der Waals surface area contributed by atoms with E-state index in [0.717, 1.165) is 30.8 Å². The number of nitrogens with two attached hydrogens (primary N) is 1. The van der Waals surface area contributed by atoms with E-state index in [2.05, 4.69) is 6.07 Å². The molecule has 0 unspecified atom stereocenters. The van der Waals surface area contributed by atoms with Crippen LogP contribution in [0.1, 0.15) is 17.5 Å². The first kappa shape index (κ1) is 10.8. The van der Waals surface area contributed by atoms with Crippen LogP contribution in [0.15, 0.2) is 18.2 Å². The summed E-state index contributed by atoms with van der Waals surface area (Å²) in [5.41, 5.74) is 7.50. The Labute approximate surface area is 95.0 Å². The largest absolute Gasteiger partial charge is 0.493 e. The van der Waals surface area contributed by atoms with Crippen LogP contribution in [-0.2, 0) is 13.0 Å². The Bertz CT molecular complexity index is 404. The van der Waals surface area contributed by atoms with Gasteiger partial charge in [-0.3, -0.25) is 0 Å². The van der Waals surface area contributed by atoms with E-state index in [-0.39, 0.29) is 0 Å². The van der Waals surface area contributed by atoms with Crippen LogP contribution in [0.25, 0.3) is 0 Å². The molecule has 1 aromatic carbocycles. The smallest absolute Gasteiger partial charge is 0.314 e. The predicted molar refractivity (Wildman–Crippen MR) is 61.3 cm³/mol. The van der Waals surface area contributed by atoms with Gasteiger partial charge in [0.05, 0.1) is 6.61 Å². The first-order valence-electron chi connectivity index (χ1n) is 5.42. The minimum atomic E-state index is -0.408. The number of primary amides is 1. The number of aryl methyl sites for hydroxylation is 1. The molecule has 4 heteroatoms. The molecule has 0 saturated carbocycles. The number of benzene rings is 1. The normalized spacial score (nSPS) is 13.8. The lowest BCUT2D eigenvalue weighted by Gasteiger charge is -2.19. The predicted octanol–water partition coefficient (Wildman–Crippen LogP) is 1.52. The van der Waals surface area contributed by atoms with E-state index in [1.54, 1.807) is 7.05 Å². The second-order valence-electron chi connectivity index (χ2n) is 4.09. The van der Waals surface area contributed by atoms with E-state index >= 15 is 0 Å². The van der Waals surface area contributed by atoms with Crippen molar-refractivity contribution < 1.29 is 9.53 Å². The molecule has 2 amide bonds. The molecule has 0 atom stereocenters. The Kier molecular flexibility index (Phi) is 2.99. The minimum absolute atomic E-state index is 0.408. The number of rotatable bonds is 2. The zero-order valence-electron chi connectivity index (χ0n) is 9.40. The van der Waals surface area contributed by atoms with E-state index in [9.17, 15) is 4.79 Å². The first-order valence-corrected chi connectivity index (χ1v) is 5.42. The quantitative estimate of drug-likeness (QED) is 0.821. The van der Waals surface area contributed by atoms with Crippen LogP contribution >= 0.6 is 0 Å². The summed E-state index contributed by atoms with van der Waals surface area (Å²) >= 11 is 0. The molecular formula is C12H16N2O2. The molecule has 0 bridgehead atoms. The summed E-state index contributed by atoms with van der Waals surface area (Å²) in [7, 11) is 1.69. The van der Waals surface area contributed by atoms with E-state index in [1.807, 2.05) is 12.1 Å². The van der Waals surface area contributed by atoms with Gasteiger partial charge in [0.1, 0.15) is 5.75 Å². The molecule has 1 aliphatic heterocycles. The maximum Gasteiger partial charge on any atom is 0.314 e. The number of ether oxygens (including phenoxy) is 1. The fourth-order valence-corrected chi connectivity index (χ4v) is 1.86. The van der Waals surface area contributed by atoms with Crippen molar-refractivity contribution in [2.24, 2.45) is 5.73 Å². The van der Waals surface area contributed by atoms with Crippen LogP contribution in [0.5, 0.6) is 5.75 Å². The van der Waals surface area contributed by atoms with Gasteiger partial charge in [-0.05, 0) is 30.0 Å². The number of hydrogen-bond acceptors (Lipinski definition) is 2. The molecule has 1 aromatic rings. The van der Waals surface area contributed by atoms with Crippen LogP contribution in [0.3, 0.4) is 0 Å². The lowest BCUT2D eigenvalue weighted by atomic mass is 10.0. The van der Waals surface area contributed by atoms with Crippen LogP contribution in [0.2, 0.25) is 0 Å². The maximum atomic E-state index is 10.9. The number of nitrogens with zero attached hydrogens (tertiary/aromatic N) is 1. The number of urea groups is 1. The number of fused-ring (bicyclic) bond motifs is 1. The lowest BCUT2D eigenvalue weighted by molar-refractivity contribution is 0.216. The van der Waals surface area contributed by atoms with E-state index in [4.69, 9.17) is 10.5 Å². The molecule has 2 rings (SSSR count). The third-order valence-corrected chi connectivity index (χ3v) is 2.77. The Hall–Kier alpha value is -1.71. The average Bonchev–Trinajstić information content (AvgIpc) is 2.28. The molecule has 0 spiro atoms. The van der Waals surface area contributed by atoms with Gasteiger partial charge in [0.2, 0.25) is 0 Å². The molecule has 0 radical (unpaired) electrons. The zero-order chi connectivity index (χ0) is 11.5. The number of carbonyl (C=O) groups is 1. The molecule has 1 aliphatic rings. The van der Waals surface area contributed by atoms with Crippen molar-refractivity contribution >= 4 is 6.03 Å². The van der Waals surface area contributed by atoms with Crippen LogP contribution < -0.4 is 10.5 Å². The van der Waals surface area contributed by atoms with Gasteiger partial charge in [-0.25, -0.2) is 4.79 Å². The van der Waals surface area contributed by atoms with Gasteiger partial charge in [-0.1, -0.05) is 12.1 Å². The highest BCUT2D eigenvalue weighted by Gasteiger charge is 2.11. The van der Waals surface area contributed by atoms with Gasteiger partial charge in [0, 0.05) is 13.6 Å². The third kappa shape index (κ3) is 2.27. The highest BCUT2D eigenvalue weighted by atomic mass is 16.5. The second kappa shape index (κ2) is 4.43. The molecule has 0 fully saturated rings. The average molecular weight is 220 g/mol. The van der Waals surface area contributed by atoms with Crippen molar-refractivity contribution in [3.05, 3.63) is 29.3 Å². The molecule has 0 aromatic heterocycles. The highest BCUT2D eigenvalue weighted by molar-refractivity contribution is 5.71. The molecule has 0 saturated heterocycles. The van der Waals surface area contributed by atoms with Crippen molar-refractivity contribution in [3.63, 3.8) is 0 Å². The summed E-state index contributed by atoms with van der Waals surface area (Å²) in [6.07, 6.45) is 2.10. The van der Waals surface area contributed by atoms with Gasteiger partial charge in [0.25, 0.3) is 0 Å². The molecule has 1 heterocycles. The number of hydrogen-bond donors (Lipinski definition) is 1. The Morgan fingerprint density at radius 2 is 2.38 bits per heavy atom. The van der Waals surface area contributed by atoms with Gasteiger partial charge >= 0.3 is 6.03 Å². The Morgan fingerprint density at radius 3 is 3.12 bits per heavy atom. The van der Waals surface area contributed by atoms with Crippen LogP contribution in [0.4, 0.5) is 4.79 Å². The van der Waals surface area contributed by atoms with Crippen molar-refractivity contribution in [1.82, 2.24) is 4.90 Å². The van der Waals surface area contributed by atoms with E-state index < -0.39 is 6.03 Å². The maximum absolute atomic E-state index is 10.9. The van der Waals surface area contributed by atoms with Crippen LogP contribution in [0, 0.1) is 0 Å². The first-order chi connectivity index (χ1) is 7.66. The minimum Gasteiger partial charge on any atom is -0.493 e. The molecule has 86 valence electrons. The van der Waals surface area contributed by atoms with Gasteiger partial charge in [-0.2, -0.15) is 0 Å². The van der Waals surface area contributed by atoms with Crippen LogP contribution in [-0.4, -0.2) is 24.6 Å². The Morgan fingerprint density at radius 1 is 1.56 bits per heavy atom. The SMILES string of the molecule is CN(Cc1ccc2c(c1)CCCO2)C(N)=O. The highest BCUT2D eigenvalue weighted by Crippen LogP contribution is 2.25. The second-order valence-corrected chi connectivity index (χ2v) is 4.09. The van der Waals surface area contributed by atoms with Crippen molar-refractivity contribution in [3.8, 4) is 5.75 Å². The molecular weight excluding hydrogens is 204 g/mol. The fraction of sp³-hybridized carbons (Fsp3) is 0.417. The summed E-state index contributed by atoms with van der Waals surface area (Å²) in [5, 5.41) is 0. The third-order valence-electron chi connectivity index (χ3n) is 2.77. The van der Waals surface area contributed by atoms with E-state index in [1.165, 1.54) is 10.5 Å². The summed E-state index contributed by atoms with van der Waals surface area (Å²) in [6, 6.07) is 5.63. The summed E-state index contributed by atoms with van der Waals surface area (Å²) in [6.45, 7) is 1.34. The summed E-state index contributed by atoms with van der Waals surface area (Å²) in [4.78, 5) is 12.4. The molecule has 2 N–H and O–H groups in total. The van der Waals surface area contributed by atoms with E-state index in [0.29, 0.717) is 6.54 Å².